The maximum atomic E-state index is 12.1. The fourth-order valence-corrected chi connectivity index (χ4v) is 2.60. The van der Waals surface area contributed by atoms with Crippen LogP contribution in [0.1, 0.15) is 36.2 Å². The molecule has 6 heteroatoms. The van der Waals surface area contributed by atoms with Crippen molar-refractivity contribution < 1.29 is 14.3 Å². The van der Waals surface area contributed by atoms with Crippen molar-refractivity contribution in [2.24, 2.45) is 5.92 Å². The Labute approximate surface area is 122 Å². The first kappa shape index (κ1) is 14.8. The van der Waals surface area contributed by atoms with E-state index in [1.807, 2.05) is 0 Å². The van der Waals surface area contributed by atoms with E-state index in [0.717, 1.165) is 25.7 Å². The van der Waals surface area contributed by atoms with Gasteiger partial charge in [-0.2, -0.15) is 0 Å². The van der Waals surface area contributed by atoms with Crippen molar-refractivity contribution >= 4 is 23.5 Å². The number of pyridine rings is 1. The first-order valence-corrected chi connectivity index (χ1v) is 7.00. The molecule has 0 spiro atoms. The number of hydrogen-bond donors (Lipinski definition) is 1. The summed E-state index contributed by atoms with van der Waals surface area (Å²) in [5.74, 6) is -0.827. The van der Waals surface area contributed by atoms with E-state index < -0.39 is 0 Å². The number of halogens is 1. The van der Waals surface area contributed by atoms with Crippen LogP contribution < -0.4 is 5.32 Å². The summed E-state index contributed by atoms with van der Waals surface area (Å²) in [7, 11) is 1.37. The van der Waals surface area contributed by atoms with Crippen molar-refractivity contribution in [1.82, 2.24) is 10.3 Å². The normalized spacial score (nSPS) is 22.1. The molecule has 108 valence electrons. The summed E-state index contributed by atoms with van der Waals surface area (Å²) in [4.78, 5) is 27.8. The predicted octanol–water partition coefficient (Wildman–Crippen LogP) is 2.20. The first-order chi connectivity index (χ1) is 9.61. The van der Waals surface area contributed by atoms with Gasteiger partial charge in [0, 0.05) is 12.2 Å². The van der Waals surface area contributed by atoms with Crippen LogP contribution in [0.15, 0.2) is 18.3 Å². The molecule has 1 aromatic rings. The largest absolute Gasteiger partial charge is 0.469 e. The van der Waals surface area contributed by atoms with Crippen LogP contribution in [0.3, 0.4) is 0 Å². The predicted molar refractivity (Wildman–Crippen MR) is 74.5 cm³/mol. The molecular formula is C14H17ClN2O3. The summed E-state index contributed by atoms with van der Waals surface area (Å²) in [6.07, 6.45) is 4.91. The molecule has 1 heterocycles. The van der Waals surface area contributed by atoms with Gasteiger partial charge >= 0.3 is 5.97 Å². The van der Waals surface area contributed by atoms with Crippen LogP contribution in [0, 0.1) is 5.92 Å². The summed E-state index contributed by atoms with van der Waals surface area (Å²) in [6, 6.07) is 2.98. The van der Waals surface area contributed by atoms with Gasteiger partial charge in [-0.3, -0.25) is 9.59 Å². The van der Waals surface area contributed by atoms with Gasteiger partial charge in [-0.1, -0.05) is 24.4 Å². The molecule has 1 aliphatic carbocycles. The standard InChI is InChI=1S/C14H17ClN2O3/c1-20-14(19)10-4-2-3-5-11(10)17-13(18)12-7-6-9(15)8-16-12/h6-8,10-11H,2-5H2,1H3,(H,17,18)/t10-,11-/m1/s1. The Balaban J connectivity index is 2.04. The number of carbonyl (C=O) groups excluding carboxylic acids is 2. The Morgan fingerprint density at radius 2 is 2.10 bits per heavy atom. The molecule has 1 aromatic heterocycles. The number of nitrogens with one attached hydrogen (secondary N) is 1. The number of hydrogen-bond acceptors (Lipinski definition) is 4. The average Bonchev–Trinajstić information content (AvgIpc) is 2.47. The number of rotatable bonds is 3. The molecule has 1 aliphatic rings. The van der Waals surface area contributed by atoms with E-state index >= 15 is 0 Å². The van der Waals surface area contributed by atoms with E-state index in [0.29, 0.717) is 10.7 Å². The second-order valence-corrected chi connectivity index (χ2v) is 5.29. The van der Waals surface area contributed by atoms with E-state index in [9.17, 15) is 9.59 Å². The van der Waals surface area contributed by atoms with Gasteiger partial charge in [0.15, 0.2) is 0 Å². The maximum absolute atomic E-state index is 12.1. The van der Waals surface area contributed by atoms with Crippen LogP contribution in [0.2, 0.25) is 5.02 Å². The second-order valence-electron chi connectivity index (χ2n) is 4.86. The van der Waals surface area contributed by atoms with E-state index in [1.165, 1.54) is 13.3 Å². The Bertz CT molecular complexity index is 490. The van der Waals surface area contributed by atoms with Crippen molar-refractivity contribution in [3.05, 3.63) is 29.0 Å². The zero-order valence-corrected chi connectivity index (χ0v) is 12.0. The number of nitrogens with zero attached hydrogens (tertiary/aromatic N) is 1. The molecular weight excluding hydrogens is 280 g/mol. The molecule has 2 atom stereocenters. The summed E-state index contributed by atoms with van der Waals surface area (Å²) < 4.78 is 4.80. The SMILES string of the molecule is COC(=O)[C@@H]1CCCC[C@H]1NC(=O)c1ccc(Cl)cn1. The van der Waals surface area contributed by atoms with Gasteiger partial charge in [0.1, 0.15) is 5.69 Å². The third kappa shape index (κ3) is 3.48. The molecule has 1 saturated carbocycles. The molecule has 0 aromatic carbocycles. The van der Waals surface area contributed by atoms with Crippen LogP contribution in [-0.2, 0) is 9.53 Å². The highest BCUT2D eigenvalue weighted by molar-refractivity contribution is 6.30. The van der Waals surface area contributed by atoms with Crippen LogP contribution in [-0.4, -0.2) is 30.0 Å². The molecule has 1 fully saturated rings. The topological polar surface area (TPSA) is 68.3 Å². The Morgan fingerprint density at radius 3 is 2.75 bits per heavy atom. The monoisotopic (exact) mass is 296 g/mol. The average molecular weight is 297 g/mol. The van der Waals surface area contributed by atoms with E-state index in [1.54, 1.807) is 12.1 Å². The van der Waals surface area contributed by atoms with Crippen molar-refractivity contribution in [3.63, 3.8) is 0 Å². The lowest BCUT2D eigenvalue weighted by molar-refractivity contribution is -0.147. The van der Waals surface area contributed by atoms with E-state index in [4.69, 9.17) is 16.3 Å². The van der Waals surface area contributed by atoms with Gasteiger partial charge < -0.3 is 10.1 Å². The first-order valence-electron chi connectivity index (χ1n) is 6.62. The summed E-state index contributed by atoms with van der Waals surface area (Å²) in [6.45, 7) is 0. The molecule has 2 rings (SSSR count). The fourth-order valence-electron chi connectivity index (χ4n) is 2.49. The Morgan fingerprint density at radius 1 is 1.35 bits per heavy atom. The highest BCUT2D eigenvalue weighted by atomic mass is 35.5. The van der Waals surface area contributed by atoms with Gasteiger partial charge in [-0.05, 0) is 25.0 Å². The quantitative estimate of drug-likeness (QED) is 0.868. The van der Waals surface area contributed by atoms with E-state index in [2.05, 4.69) is 10.3 Å². The maximum Gasteiger partial charge on any atom is 0.310 e. The second kappa shape index (κ2) is 6.70. The molecule has 0 aliphatic heterocycles. The molecule has 5 nitrogen and oxygen atoms in total. The van der Waals surface area contributed by atoms with E-state index in [-0.39, 0.29) is 23.8 Å². The highest BCUT2D eigenvalue weighted by Gasteiger charge is 2.33. The van der Waals surface area contributed by atoms with Crippen LogP contribution in [0.4, 0.5) is 0 Å². The zero-order chi connectivity index (χ0) is 14.5. The smallest absolute Gasteiger partial charge is 0.310 e. The van der Waals surface area contributed by atoms with Gasteiger partial charge in [-0.15, -0.1) is 0 Å². The van der Waals surface area contributed by atoms with Crippen molar-refractivity contribution in [2.75, 3.05) is 7.11 Å². The van der Waals surface area contributed by atoms with Gasteiger partial charge in [0.25, 0.3) is 5.91 Å². The van der Waals surface area contributed by atoms with Crippen LogP contribution >= 0.6 is 11.6 Å². The number of amides is 1. The van der Waals surface area contributed by atoms with Gasteiger partial charge in [-0.25, -0.2) is 4.98 Å². The lowest BCUT2D eigenvalue weighted by Gasteiger charge is -2.30. The number of aromatic nitrogens is 1. The minimum absolute atomic E-state index is 0.193. The van der Waals surface area contributed by atoms with Gasteiger partial charge in [0.05, 0.1) is 18.1 Å². The van der Waals surface area contributed by atoms with Crippen molar-refractivity contribution in [2.45, 2.75) is 31.7 Å². The fraction of sp³-hybridized carbons (Fsp3) is 0.500. The lowest BCUT2D eigenvalue weighted by Crippen LogP contribution is -2.45. The molecule has 1 amide bonds. The summed E-state index contributed by atoms with van der Waals surface area (Å²) in [5.41, 5.74) is 0.295. The number of ether oxygens (including phenoxy) is 1. The summed E-state index contributed by atoms with van der Waals surface area (Å²) in [5, 5.41) is 3.35. The van der Waals surface area contributed by atoms with Crippen LogP contribution in [0.5, 0.6) is 0 Å². The molecule has 0 unspecified atom stereocenters. The van der Waals surface area contributed by atoms with Crippen LogP contribution in [0.25, 0.3) is 0 Å². The van der Waals surface area contributed by atoms with Crippen molar-refractivity contribution in [3.8, 4) is 0 Å². The number of carbonyl (C=O) groups is 2. The van der Waals surface area contributed by atoms with Crippen molar-refractivity contribution in [1.29, 1.82) is 0 Å². The molecule has 1 N–H and O–H groups in total. The minimum Gasteiger partial charge on any atom is -0.469 e. The molecule has 0 radical (unpaired) electrons. The third-order valence-electron chi connectivity index (χ3n) is 3.55. The zero-order valence-electron chi connectivity index (χ0n) is 11.3. The number of methoxy groups -OCH3 is 1. The highest BCUT2D eigenvalue weighted by Crippen LogP contribution is 2.25. The minimum atomic E-state index is -0.289. The third-order valence-corrected chi connectivity index (χ3v) is 3.77. The molecule has 0 bridgehead atoms. The Hall–Kier alpha value is -1.62. The summed E-state index contributed by atoms with van der Waals surface area (Å²) >= 11 is 5.74. The molecule has 0 saturated heterocycles. The lowest BCUT2D eigenvalue weighted by atomic mass is 9.84. The Kier molecular flexibility index (Phi) is 4.95. The number of esters is 1. The molecule has 20 heavy (non-hydrogen) atoms. The van der Waals surface area contributed by atoms with Gasteiger partial charge in [0.2, 0.25) is 0 Å².